The average molecular weight is 265 g/mol. The number of thiazole rings is 1. The van der Waals surface area contributed by atoms with Gasteiger partial charge in [0.1, 0.15) is 5.69 Å². The highest BCUT2D eigenvalue weighted by atomic mass is 32.1. The molecule has 0 aliphatic carbocycles. The standard InChI is InChI=1S/C13H19N3OS/c1-15-5-2-3-13(8-15)4-6-16(9-13)12(17)11-7-18-10-14-11/h7,10H,2-6,8-9H2,1H3/t13-/m0/s1. The van der Waals surface area contributed by atoms with Crippen LogP contribution in [0.3, 0.4) is 0 Å². The van der Waals surface area contributed by atoms with Crippen LogP contribution >= 0.6 is 11.3 Å². The molecule has 0 N–H and O–H groups in total. The molecule has 98 valence electrons. The molecule has 1 spiro atoms. The Hall–Kier alpha value is -0.940. The van der Waals surface area contributed by atoms with Gasteiger partial charge in [-0.1, -0.05) is 0 Å². The van der Waals surface area contributed by atoms with Gasteiger partial charge >= 0.3 is 0 Å². The summed E-state index contributed by atoms with van der Waals surface area (Å²) < 4.78 is 0. The van der Waals surface area contributed by atoms with E-state index in [9.17, 15) is 4.79 Å². The van der Waals surface area contributed by atoms with Crippen molar-refractivity contribution >= 4 is 17.2 Å². The number of amides is 1. The van der Waals surface area contributed by atoms with E-state index in [1.54, 1.807) is 5.51 Å². The molecule has 0 unspecified atom stereocenters. The molecule has 1 aromatic rings. The lowest BCUT2D eigenvalue weighted by Gasteiger charge is -2.38. The van der Waals surface area contributed by atoms with E-state index in [0.717, 1.165) is 26.1 Å². The van der Waals surface area contributed by atoms with Gasteiger partial charge in [-0.05, 0) is 32.9 Å². The van der Waals surface area contributed by atoms with Crippen LogP contribution in [0.2, 0.25) is 0 Å². The number of carbonyl (C=O) groups is 1. The number of aromatic nitrogens is 1. The van der Waals surface area contributed by atoms with E-state index < -0.39 is 0 Å². The molecule has 5 heteroatoms. The molecule has 18 heavy (non-hydrogen) atoms. The SMILES string of the molecule is CN1CCC[C@]2(CCN(C(=O)c3cscn3)C2)C1. The summed E-state index contributed by atoms with van der Waals surface area (Å²) in [7, 11) is 2.19. The fourth-order valence-corrected chi connectivity index (χ4v) is 3.90. The summed E-state index contributed by atoms with van der Waals surface area (Å²) in [6.07, 6.45) is 3.67. The van der Waals surface area contributed by atoms with Gasteiger partial charge in [0.25, 0.3) is 5.91 Å². The highest BCUT2D eigenvalue weighted by Crippen LogP contribution is 2.38. The van der Waals surface area contributed by atoms with Crippen molar-refractivity contribution in [2.45, 2.75) is 19.3 Å². The smallest absolute Gasteiger partial charge is 0.273 e. The lowest BCUT2D eigenvalue weighted by Crippen LogP contribution is -2.43. The van der Waals surface area contributed by atoms with Gasteiger partial charge in [-0.15, -0.1) is 11.3 Å². The minimum Gasteiger partial charge on any atom is -0.337 e. The largest absolute Gasteiger partial charge is 0.337 e. The highest BCUT2D eigenvalue weighted by Gasteiger charge is 2.42. The van der Waals surface area contributed by atoms with E-state index in [1.165, 1.54) is 30.7 Å². The number of rotatable bonds is 1. The Morgan fingerprint density at radius 2 is 2.28 bits per heavy atom. The molecule has 1 amide bonds. The van der Waals surface area contributed by atoms with Gasteiger partial charge in [0.2, 0.25) is 0 Å². The molecule has 2 aliphatic rings. The van der Waals surface area contributed by atoms with Crippen molar-refractivity contribution in [3.05, 3.63) is 16.6 Å². The molecular formula is C13H19N3OS. The van der Waals surface area contributed by atoms with Gasteiger partial charge in [-0.25, -0.2) is 4.98 Å². The summed E-state index contributed by atoms with van der Waals surface area (Å²) in [5.41, 5.74) is 2.69. The predicted octanol–water partition coefficient (Wildman–Crippen LogP) is 1.70. The van der Waals surface area contributed by atoms with Crippen LogP contribution in [-0.2, 0) is 0 Å². The molecule has 1 aromatic heterocycles. The maximum atomic E-state index is 12.3. The van der Waals surface area contributed by atoms with Crippen LogP contribution in [0.25, 0.3) is 0 Å². The molecule has 0 radical (unpaired) electrons. The molecule has 2 saturated heterocycles. The van der Waals surface area contributed by atoms with Crippen molar-refractivity contribution in [3.8, 4) is 0 Å². The van der Waals surface area contributed by atoms with Crippen molar-refractivity contribution in [1.29, 1.82) is 0 Å². The molecular weight excluding hydrogens is 246 g/mol. The van der Waals surface area contributed by atoms with E-state index in [2.05, 4.69) is 16.9 Å². The minimum atomic E-state index is 0.112. The Kier molecular flexibility index (Phi) is 3.11. The maximum Gasteiger partial charge on any atom is 0.273 e. The van der Waals surface area contributed by atoms with Gasteiger partial charge in [-0.3, -0.25) is 4.79 Å². The zero-order valence-electron chi connectivity index (χ0n) is 10.8. The molecule has 1 atom stereocenters. The molecule has 2 fully saturated rings. The zero-order valence-corrected chi connectivity index (χ0v) is 11.6. The van der Waals surface area contributed by atoms with Gasteiger partial charge in [0.05, 0.1) is 5.51 Å². The third kappa shape index (κ3) is 2.17. The summed E-state index contributed by atoms with van der Waals surface area (Å²) in [5, 5.41) is 1.85. The highest BCUT2D eigenvalue weighted by molar-refractivity contribution is 7.07. The summed E-state index contributed by atoms with van der Waals surface area (Å²) >= 11 is 1.49. The Balaban J connectivity index is 1.69. The van der Waals surface area contributed by atoms with Crippen LogP contribution in [0.15, 0.2) is 10.9 Å². The maximum absolute atomic E-state index is 12.3. The van der Waals surface area contributed by atoms with Gasteiger partial charge in [0.15, 0.2) is 0 Å². The Morgan fingerprint density at radius 3 is 3.00 bits per heavy atom. The quantitative estimate of drug-likeness (QED) is 0.775. The first-order valence-electron chi connectivity index (χ1n) is 6.55. The Morgan fingerprint density at radius 1 is 1.39 bits per heavy atom. The summed E-state index contributed by atoms with van der Waals surface area (Å²) in [6, 6.07) is 0. The minimum absolute atomic E-state index is 0.112. The number of hydrogen-bond donors (Lipinski definition) is 0. The van der Waals surface area contributed by atoms with Crippen LogP contribution in [-0.4, -0.2) is 53.9 Å². The van der Waals surface area contributed by atoms with Crippen LogP contribution < -0.4 is 0 Å². The number of piperidine rings is 1. The van der Waals surface area contributed by atoms with Crippen LogP contribution in [0.4, 0.5) is 0 Å². The normalized spacial score (nSPS) is 29.1. The number of nitrogens with zero attached hydrogens (tertiary/aromatic N) is 3. The lowest BCUT2D eigenvalue weighted by molar-refractivity contribution is 0.0718. The third-order valence-corrected chi connectivity index (χ3v) is 4.82. The van der Waals surface area contributed by atoms with Crippen LogP contribution in [0.5, 0.6) is 0 Å². The van der Waals surface area contributed by atoms with Crippen molar-refractivity contribution in [1.82, 2.24) is 14.8 Å². The topological polar surface area (TPSA) is 36.4 Å². The number of carbonyl (C=O) groups excluding carboxylic acids is 1. The van der Waals surface area contributed by atoms with E-state index in [1.807, 2.05) is 10.3 Å². The van der Waals surface area contributed by atoms with Crippen molar-refractivity contribution in [2.24, 2.45) is 5.41 Å². The van der Waals surface area contributed by atoms with Crippen molar-refractivity contribution in [3.63, 3.8) is 0 Å². The van der Waals surface area contributed by atoms with E-state index >= 15 is 0 Å². The second-order valence-corrected chi connectivity index (χ2v) is 6.41. The first kappa shape index (κ1) is 12.1. The van der Waals surface area contributed by atoms with Gasteiger partial charge in [-0.2, -0.15) is 0 Å². The number of hydrogen-bond acceptors (Lipinski definition) is 4. The molecule has 4 nitrogen and oxygen atoms in total. The van der Waals surface area contributed by atoms with Crippen molar-refractivity contribution in [2.75, 3.05) is 33.2 Å². The second-order valence-electron chi connectivity index (χ2n) is 5.69. The second kappa shape index (κ2) is 4.63. The van der Waals surface area contributed by atoms with Gasteiger partial charge < -0.3 is 9.80 Å². The molecule has 3 heterocycles. The molecule has 0 saturated carbocycles. The summed E-state index contributed by atoms with van der Waals surface area (Å²) in [6.45, 7) is 4.13. The fraction of sp³-hybridized carbons (Fsp3) is 0.692. The molecule has 3 rings (SSSR count). The fourth-order valence-electron chi connectivity index (χ4n) is 3.38. The van der Waals surface area contributed by atoms with Crippen molar-refractivity contribution < 1.29 is 4.79 Å². The van der Waals surface area contributed by atoms with Crippen LogP contribution in [0, 0.1) is 5.41 Å². The average Bonchev–Trinajstić information content (AvgIpc) is 2.98. The Bertz CT molecular complexity index is 433. The molecule has 0 aromatic carbocycles. The number of likely N-dealkylation sites (tertiary alicyclic amines) is 2. The monoisotopic (exact) mass is 265 g/mol. The van der Waals surface area contributed by atoms with E-state index in [-0.39, 0.29) is 5.91 Å². The Labute approximate surface area is 112 Å². The predicted molar refractivity (Wildman–Crippen MR) is 71.8 cm³/mol. The first-order chi connectivity index (χ1) is 8.69. The summed E-state index contributed by atoms with van der Waals surface area (Å²) in [4.78, 5) is 20.8. The summed E-state index contributed by atoms with van der Waals surface area (Å²) in [5.74, 6) is 0.112. The van der Waals surface area contributed by atoms with Crippen LogP contribution in [0.1, 0.15) is 29.8 Å². The lowest BCUT2D eigenvalue weighted by atomic mass is 9.79. The first-order valence-corrected chi connectivity index (χ1v) is 7.49. The van der Waals surface area contributed by atoms with Gasteiger partial charge in [0, 0.05) is 30.4 Å². The molecule has 2 aliphatic heterocycles. The van der Waals surface area contributed by atoms with E-state index in [4.69, 9.17) is 0 Å². The zero-order chi connectivity index (χ0) is 12.6. The third-order valence-electron chi connectivity index (χ3n) is 4.23. The van der Waals surface area contributed by atoms with E-state index in [0.29, 0.717) is 11.1 Å². The molecule has 0 bridgehead atoms.